The number of nitrogens with zero attached hydrogens (tertiary/aromatic N) is 4. The van der Waals surface area contributed by atoms with Crippen LogP contribution in [0, 0.1) is 0 Å². The number of hydrogen-bond acceptors (Lipinski definition) is 6. The highest BCUT2D eigenvalue weighted by Crippen LogP contribution is 2.28. The van der Waals surface area contributed by atoms with Gasteiger partial charge in [0.1, 0.15) is 11.3 Å². The van der Waals surface area contributed by atoms with Crippen molar-refractivity contribution in [3.63, 3.8) is 0 Å². The minimum atomic E-state index is -0.102. The summed E-state index contributed by atoms with van der Waals surface area (Å²) in [6.07, 6.45) is 1.88. The third-order valence-corrected chi connectivity index (χ3v) is 7.07. The standard InChI is InChI=1S/C27H35N5O3/c1-34-24-9-5-8-23-25(29-32(26(23)24)15-14-30-16-18-35-19-17-30)27(33)28-22-10-12-31(13-11-22)20-21-6-3-2-4-7-21/h2-9,22H,10-20H2,1H3,(H,28,33). The zero-order valence-corrected chi connectivity index (χ0v) is 20.5. The number of morpholine rings is 1. The molecule has 2 fully saturated rings. The Morgan fingerprint density at radius 1 is 1.00 bits per heavy atom. The summed E-state index contributed by atoms with van der Waals surface area (Å²) >= 11 is 0. The Morgan fingerprint density at radius 3 is 2.51 bits per heavy atom. The summed E-state index contributed by atoms with van der Waals surface area (Å²) in [5, 5.41) is 8.87. The van der Waals surface area contributed by atoms with E-state index in [4.69, 9.17) is 14.6 Å². The van der Waals surface area contributed by atoms with Gasteiger partial charge < -0.3 is 14.8 Å². The van der Waals surface area contributed by atoms with E-state index in [0.29, 0.717) is 12.2 Å². The molecule has 0 radical (unpaired) electrons. The molecule has 0 spiro atoms. The molecule has 0 saturated carbocycles. The Morgan fingerprint density at radius 2 is 1.77 bits per heavy atom. The van der Waals surface area contributed by atoms with Crippen LogP contribution in [-0.2, 0) is 17.8 Å². The topological polar surface area (TPSA) is 71.9 Å². The van der Waals surface area contributed by atoms with E-state index >= 15 is 0 Å². The van der Waals surface area contributed by atoms with Crippen LogP contribution in [0.2, 0.25) is 0 Å². The van der Waals surface area contributed by atoms with Crippen molar-refractivity contribution in [3.05, 3.63) is 59.8 Å². The average molecular weight is 478 g/mol. The zero-order valence-electron chi connectivity index (χ0n) is 20.5. The van der Waals surface area contributed by atoms with E-state index in [2.05, 4.69) is 45.4 Å². The summed E-state index contributed by atoms with van der Waals surface area (Å²) in [6.45, 7) is 7.84. The molecule has 8 nitrogen and oxygen atoms in total. The number of amides is 1. The normalized spacial score (nSPS) is 18.1. The van der Waals surface area contributed by atoms with E-state index in [9.17, 15) is 4.79 Å². The number of ether oxygens (including phenoxy) is 2. The molecule has 0 unspecified atom stereocenters. The molecule has 1 amide bonds. The van der Waals surface area contributed by atoms with E-state index in [1.54, 1.807) is 7.11 Å². The first-order chi connectivity index (χ1) is 17.2. The van der Waals surface area contributed by atoms with Crippen LogP contribution in [0.15, 0.2) is 48.5 Å². The van der Waals surface area contributed by atoms with Gasteiger partial charge in [-0.3, -0.25) is 19.3 Å². The lowest BCUT2D eigenvalue weighted by Gasteiger charge is -2.32. The second kappa shape index (κ2) is 11.2. The molecule has 0 bridgehead atoms. The summed E-state index contributed by atoms with van der Waals surface area (Å²) in [7, 11) is 1.66. The number of carbonyl (C=O) groups excluding carboxylic acids is 1. The van der Waals surface area contributed by atoms with Crippen molar-refractivity contribution in [2.24, 2.45) is 0 Å². The van der Waals surface area contributed by atoms with Gasteiger partial charge in [-0.1, -0.05) is 42.5 Å². The molecule has 2 aliphatic rings. The van der Waals surface area contributed by atoms with Crippen LogP contribution in [0.3, 0.4) is 0 Å². The molecular formula is C27H35N5O3. The minimum absolute atomic E-state index is 0.102. The molecule has 0 aliphatic carbocycles. The van der Waals surface area contributed by atoms with Crippen LogP contribution < -0.4 is 10.1 Å². The lowest BCUT2D eigenvalue weighted by molar-refractivity contribution is 0.0361. The maximum atomic E-state index is 13.4. The number of benzene rings is 2. The van der Waals surface area contributed by atoms with Crippen molar-refractivity contribution in [1.82, 2.24) is 24.9 Å². The number of carbonyl (C=O) groups is 1. The molecule has 0 atom stereocenters. The lowest BCUT2D eigenvalue weighted by Crippen LogP contribution is -2.44. The summed E-state index contributed by atoms with van der Waals surface area (Å²) in [6, 6.07) is 16.5. The molecule has 3 aromatic rings. The third kappa shape index (κ3) is 5.66. The van der Waals surface area contributed by atoms with E-state index < -0.39 is 0 Å². The van der Waals surface area contributed by atoms with Crippen molar-refractivity contribution in [2.75, 3.05) is 53.0 Å². The van der Waals surface area contributed by atoms with Gasteiger partial charge in [0, 0.05) is 50.7 Å². The van der Waals surface area contributed by atoms with Crippen molar-refractivity contribution in [1.29, 1.82) is 0 Å². The fourth-order valence-electron chi connectivity index (χ4n) is 5.09. The Balaban J connectivity index is 1.25. The molecule has 2 aromatic carbocycles. The quantitative estimate of drug-likeness (QED) is 0.538. The summed E-state index contributed by atoms with van der Waals surface area (Å²) in [5.41, 5.74) is 2.69. The SMILES string of the molecule is COc1cccc2c(C(=O)NC3CCN(Cc4ccccc4)CC3)nn(CCN3CCOCC3)c12. The lowest BCUT2D eigenvalue weighted by atomic mass is 10.0. The monoisotopic (exact) mass is 477 g/mol. The van der Waals surface area contributed by atoms with Gasteiger partial charge in [0.25, 0.3) is 5.91 Å². The van der Waals surface area contributed by atoms with Crippen LogP contribution in [0.1, 0.15) is 28.9 Å². The Kier molecular flexibility index (Phi) is 7.61. The molecule has 1 aromatic heterocycles. The number of likely N-dealkylation sites (tertiary alicyclic amines) is 1. The fraction of sp³-hybridized carbons (Fsp3) is 0.481. The van der Waals surface area contributed by atoms with Crippen molar-refractivity contribution in [2.45, 2.75) is 32.0 Å². The van der Waals surface area contributed by atoms with Crippen LogP contribution in [0.4, 0.5) is 0 Å². The largest absolute Gasteiger partial charge is 0.494 e. The number of para-hydroxylation sites is 1. The molecule has 2 aliphatic heterocycles. The van der Waals surface area contributed by atoms with E-state index in [-0.39, 0.29) is 11.9 Å². The summed E-state index contributed by atoms with van der Waals surface area (Å²) in [5.74, 6) is 0.639. The molecule has 186 valence electrons. The van der Waals surface area contributed by atoms with Gasteiger partial charge >= 0.3 is 0 Å². The van der Waals surface area contributed by atoms with Crippen LogP contribution in [0.5, 0.6) is 5.75 Å². The Bertz CT molecular complexity index is 1120. The van der Waals surface area contributed by atoms with Gasteiger partial charge in [-0.05, 0) is 24.5 Å². The second-order valence-electron chi connectivity index (χ2n) is 9.39. The smallest absolute Gasteiger partial charge is 0.272 e. The van der Waals surface area contributed by atoms with Gasteiger partial charge in [-0.2, -0.15) is 5.10 Å². The first-order valence-corrected chi connectivity index (χ1v) is 12.6. The molecule has 3 heterocycles. The highest BCUT2D eigenvalue weighted by atomic mass is 16.5. The highest BCUT2D eigenvalue weighted by Gasteiger charge is 2.25. The average Bonchev–Trinajstić information content (AvgIpc) is 3.29. The maximum absolute atomic E-state index is 13.4. The number of piperidine rings is 1. The number of rotatable bonds is 8. The highest BCUT2D eigenvalue weighted by molar-refractivity contribution is 6.06. The Hall–Kier alpha value is -2.94. The first-order valence-electron chi connectivity index (χ1n) is 12.6. The van der Waals surface area contributed by atoms with E-state index in [0.717, 1.165) is 82.0 Å². The second-order valence-corrected chi connectivity index (χ2v) is 9.39. The van der Waals surface area contributed by atoms with Gasteiger partial charge in [-0.15, -0.1) is 0 Å². The van der Waals surface area contributed by atoms with Gasteiger partial charge in [0.05, 0.1) is 26.9 Å². The third-order valence-electron chi connectivity index (χ3n) is 7.07. The number of nitrogens with one attached hydrogen (secondary N) is 1. The van der Waals surface area contributed by atoms with Crippen molar-refractivity contribution in [3.8, 4) is 5.75 Å². The van der Waals surface area contributed by atoms with E-state index in [1.807, 2.05) is 22.9 Å². The number of hydrogen-bond donors (Lipinski definition) is 1. The van der Waals surface area contributed by atoms with Crippen LogP contribution in [0.25, 0.3) is 10.9 Å². The predicted octanol–water partition coefficient (Wildman–Crippen LogP) is 2.77. The molecule has 8 heteroatoms. The summed E-state index contributed by atoms with van der Waals surface area (Å²) in [4.78, 5) is 18.2. The summed E-state index contributed by atoms with van der Waals surface area (Å²) < 4.78 is 13.0. The van der Waals surface area contributed by atoms with Gasteiger partial charge in [0.15, 0.2) is 5.69 Å². The van der Waals surface area contributed by atoms with Crippen molar-refractivity contribution < 1.29 is 14.3 Å². The first kappa shape index (κ1) is 23.8. The zero-order chi connectivity index (χ0) is 24.0. The van der Waals surface area contributed by atoms with Crippen LogP contribution >= 0.6 is 0 Å². The molecule has 5 rings (SSSR count). The molecule has 35 heavy (non-hydrogen) atoms. The minimum Gasteiger partial charge on any atom is -0.494 e. The predicted molar refractivity (Wildman–Crippen MR) is 136 cm³/mol. The van der Waals surface area contributed by atoms with E-state index in [1.165, 1.54) is 5.56 Å². The Labute approximate surface area is 206 Å². The number of aromatic nitrogens is 2. The van der Waals surface area contributed by atoms with Gasteiger partial charge in [-0.25, -0.2) is 0 Å². The van der Waals surface area contributed by atoms with Crippen molar-refractivity contribution >= 4 is 16.8 Å². The van der Waals surface area contributed by atoms with Crippen LogP contribution in [-0.4, -0.2) is 84.6 Å². The maximum Gasteiger partial charge on any atom is 0.272 e. The molecule has 1 N–H and O–H groups in total. The number of methoxy groups -OCH3 is 1. The molecular weight excluding hydrogens is 442 g/mol. The molecule has 2 saturated heterocycles. The number of fused-ring (bicyclic) bond motifs is 1. The fourth-order valence-corrected chi connectivity index (χ4v) is 5.09. The van der Waals surface area contributed by atoms with Gasteiger partial charge in [0.2, 0.25) is 0 Å².